The Balaban J connectivity index is 0.769. The van der Waals surface area contributed by atoms with Crippen LogP contribution in [0.3, 0.4) is 0 Å². The number of para-hydroxylation sites is 6. The maximum absolute atomic E-state index is 5.43. The number of hydrogen-bond acceptors (Lipinski definition) is 3. The van der Waals surface area contributed by atoms with Crippen molar-refractivity contribution in [3.05, 3.63) is 378 Å². The number of fused-ring (bicyclic) bond motifs is 20. The molecule has 3 nitrogen and oxygen atoms in total. The Labute approximate surface area is 523 Å². The number of hydrogen-bond donors (Lipinski definition) is 0. The summed E-state index contributed by atoms with van der Waals surface area (Å²) in [6.07, 6.45) is 2.11. The van der Waals surface area contributed by atoms with Gasteiger partial charge >= 0.3 is 0 Å². The van der Waals surface area contributed by atoms with Crippen LogP contribution in [-0.4, -0.2) is 4.98 Å². The predicted molar refractivity (Wildman–Crippen MR) is 372 cm³/mol. The zero-order chi connectivity index (χ0) is 59.1. The first-order valence-electron chi connectivity index (χ1n) is 31.3. The SMILES string of the molecule is c1ccc(-c2ccc3c(-c4ccc(-c5ccc6c(c5)-c5ccccc5C65c6ccccc6N(c6ccccc6)c6ccccc65)nc4)c4ccccc4c(-c4ccc5c(c4)-c4ccccc4C54c5ccccc5N(c5ccccc5)c5ccccc54)c3c2)cc1. The molecule has 0 N–H and O–H groups in total. The Morgan fingerprint density at radius 1 is 0.222 bits per heavy atom. The van der Waals surface area contributed by atoms with Crippen LogP contribution in [0.25, 0.3) is 88.4 Å². The van der Waals surface area contributed by atoms with Gasteiger partial charge in [0.05, 0.1) is 39.3 Å². The number of pyridine rings is 1. The van der Waals surface area contributed by atoms with Gasteiger partial charge in [0.1, 0.15) is 0 Å². The first kappa shape index (κ1) is 50.5. The van der Waals surface area contributed by atoms with Crippen LogP contribution < -0.4 is 9.80 Å². The van der Waals surface area contributed by atoms with Crippen LogP contribution in [0, 0.1) is 0 Å². The maximum Gasteiger partial charge on any atom is 0.0754 e. The third-order valence-corrected chi connectivity index (χ3v) is 20.1. The molecule has 0 amide bonds. The fourth-order valence-corrected chi connectivity index (χ4v) is 16.6. The third kappa shape index (κ3) is 6.92. The molecule has 2 spiro atoms. The molecule has 418 valence electrons. The second kappa shape index (κ2) is 19.4. The molecule has 14 aromatic carbocycles. The van der Waals surface area contributed by atoms with Crippen molar-refractivity contribution in [3.8, 4) is 66.9 Å². The summed E-state index contributed by atoms with van der Waals surface area (Å²) < 4.78 is 0. The van der Waals surface area contributed by atoms with Gasteiger partial charge in [-0.25, -0.2) is 0 Å². The third-order valence-electron chi connectivity index (χ3n) is 20.1. The molecule has 2 aliphatic heterocycles. The normalized spacial score (nSPS) is 13.9. The molecule has 0 fully saturated rings. The number of aromatic nitrogens is 1. The number of rotatable bonds is 6. The van der Waals surface area contributed by atoms with Gasteiger partial charge in [-0.3, -0.25) is 4.98 Å². The van der Waals surface area contributed by atoms with Gasteiger partial charge in [0.15, 0.2) is 0 Å². The largest absolute Gasteiger partial charge is 0.310 e. The van der Waals surface area contributed by atoms with E-state index in [1.165, 1.54) is 139 Å². The molecule has 15 aromatic rings. The molecule has 90 heavy (non-hydrogen) atoms. The van der Waals surface area contributed by atoms with E-state index in [9.17, 15) is 0 Å². The van der Waals surface area contributed by atoms with Gasteiger partial charge in [-0.05, 0) is 189 Å². The maximum atomic E-state index is 5.43. The van der Waals surface area contributed by atoms with Crippen molar-refractivity contribution in [2.45, 2.75) is 10.8 Å². The fourth-order valence-electron chi connectivity index (χ4n) is 16.6. The van der Waals surface area contributed by atoms with Crippen molar-refractivity contribution in [3.63, 3.8) is 0 Å². The monoisotopic (exact) mass is 1140 g/mol. The van der Waals surface area contributed by atoms with E-state index in [1.807, 2.05) is 0 Å². The summed E-state index contributed by atoms with van der Waals surface area (Å²) in [5.74, 6) is 0. The lowest BCUT2D eigenvalue weighted by molar-refractivity contribution is 0.752. The molecule has 0 bridgehead atoms. The molecule has 0 radical (unpaired) electrons. The van der Waals surface area contributed by atoms with Crippen LogP contribution in [0.5, 0.6) is 0 Å². The summed E-state index contributed by atoms with van der Waals surface area (Å²) in [6.45, 7) is 0. The minimum absolute atomic E-state index is 0.527. The van der Waals surface area contributed by atoms with Gasteiger partial charge in [-0.2, -0.15) is 0 Å². The van der Waals surface area contributed by atoms with E-state index in [-0.39, 0.29) is 0 Å². The standard InChI is InChI=1S/C87H55N3/c1-4-24-56(25-5-1)57-44-48-67-70(52-57)84(59-46-50-74-69(54-59)64-31-13-15-35-72(64)87(74)77-38-18-22-42-82(77)90(62-28-8-3-9-29-62)83-43-23-19-39-78(83)87)65-32-10-11-33-66(65)85(67)60-47-51-79(88-55-60)58-45-49-73-68(53-58)63-30-12-14-34-71(63)86(73)75-36-16-20-40-80(75)89(61-26-6-2-7-27-61)81-41-21-17-37-76(81)86/h1-55H. The van der Waals surface area contributed by atoms with E-state index in [2.05, 4.69) is 344 Å². The molecule has 3 heterocycles. The highest BCUT2D eigenvalue weighted by Gasteiger charge is 2.53. The highest BCUT2D eigenvalue weighted by Crippen LogP contribution is 2.66. The highest BCUT2D eigenvalue weighted by atomic mass is 15.2. The minimum Gasteiger partial charge on any atom is -0.310 e. The minimum atomic E-state index is -0.553. The average Bonchev–Trinajstić information content (AvgIpc) is 1.43. The predicted octanol–water partition coefficient (Wildman–Crippen LogP) is 22.3. The average molecular weight is 1140 g/mol. The van der Waals surface area contributed by atoms with E-state index in [0.29, 0.717) is 0 Å². The molecule has 4 aliphatic rings. The van der Waals surface area contributed by atoms with Gasteiger partial charge in [0.2, 0.25) is 0 Å². The zero-order valence-electron chi connectivity index (χ0n) is 49.1. The molecule has 3 heteroatoms. The summed E-state index contributed by atoms with van der Waals surface area (Å²) in [6, 6.07) is 122. The molecular weight excluding hydrogens is 1090 g/mol. The van der Waals surface area contributed by atoms with Gasteiger partial charge in [-0.15, -0.1) is 0 Å². The van der Waals surface area contributed by atoms with Crippen molar-refractivity contribution in [1.82, 2.24) is 4.98 Å². The van der Waals surface area contributed by atoms with E-state index in [4.69, 9.17) is 4.98 Å². The van der Waals surface area contributed by atoms with Crippen LogP contribution >= 0.6 is 0 Å². The van der Waals surface area contributed by atoms with E-state index < -0.39 is 10.8 Å². The van der Waals surface area contributed by atoms with E-state index >= 15 is 0 Å². The fraction of sp³-hybridized carbons (Fsp3) is 0.0230. The highest BCUT2D eigenvalue weighted by molar-refractivity contribution is 6.22. The summed E-state index contributed by atoms with van der Waals surface area (Å²) in [7, 11) is 0. The molecule has 1 aromatic heterocycles. The number of nitrogens with zero attached hydrogens (tertiary/aromatic N) is 3. The lowest BCUT2D eigenvalue weighted by Gasteiger charge is -2.45. The van der Waals surface area contributed by atoms with Crippen molar-refractivity contribution >= 4 is 55.7 Å². The Kier molecular flexibility index (Phi) is 10.9. The number of benzene rings is 14. The number of anilines is 6. The molecule has 2 aliphatic carbocycles. The lowest BCUT2D eigenvalue weighted by Crippen LogP contribution is -2.36. The van der Waals surface area contributed by atoms with Gasteiger partial charge < -0.3 is 9.80 Å². The molecule has 0 saturated carbocycles. The van der Waals surface area contributed by atoms with Crippen LogP contribution in [0.1, 0.15) is 44.5 Å². The van der Waals surface area contributed by atoms with Crippen LogP contribution in [-0.2, 0) is 10.8 Å². The second-order valence-corrected chi connectivity index (χ2v) is 24.4. The first-order valence-corrected chi connectivity index (χ1v) is 31.3. The van der Waals surface area contributed by atoms with Gasteiger partial charge in [0.25, 0.3) is 0 Å². The van der Waals surface area contributed by atoms with Crippen LogP contribution in [0.15, 0.2) is 334 Å². The second-order valence-electron chi connectivity index (χ2n) is 24.4. The van der Waals surface area contributed by atoms with Crippen LogP contribution in [0.2, 0.25) is 0 Å². The molecule has 0 unspecified atom stereocenters. The lowest BCUT2D eigenvalue weighted by atomic mass is 9.64. The summed E-state index contributed by atoms with van der Waals surface area (Å²) >= 11 is 0. The smallest absolute Gasteiger partial charge is 0.0754 e. The van der Waals surface area contributed by atoms with Crippen molar-refractivity contribution in [1.29, 1.82) is 0 Å². The summed E-state index contributed by atoms with van der Waals surface area (Å²) in [4.78, 5) is 10.3. The summed E-state index contributed by atoms with van der Waals surface area (Å²) in [5.41, 5.74) is 30.3. The summed E-state index contributed by atoms with van der Waals surface area (Å²) in [5, 5.41) is 4.77. The quantitative estimate of drug-likeness (QED) is 0.155. The van der Waals surface area contributed by atoms with Crippen molar-refractivity contribution < 1.29 is 0 Å². The van der Waals surface area contributed by atoms with Crippen molar-refractivity contribution in [2.75, 3.05) is 9.80 Å². The van der Waals surface area contributed by atoms with Gasteiger partial charge in [-0.1, -0.05) is 255 Å². The molecule has 0 atom stereocenters. The zero-order valence-corrected chi connectivity index (χ0v) is 49.1. The molecule has 19 rings (SSSR count). The van der Waals surface area contributed by atoms with Gasteiger partial charge in [0, 0.05) is 28.7 Å². The van der Waals surface area contributed by atoms with Crippen molar-refractivity contribution in [2.24, 2.45) is 0 Å². The van der Waals surface area contributed by atoms with Crippen LogP contribution in [0.4, 0.5) is 34.1 Å². The molecule has 0 saturated heterocycles. The van der Waals surface area contributed by atoms with E-state index in [0.717, 1.165) is 28.2 Å². The van der Waals surface area contributed by atoms with E-state index in [1.54, 1.807) is 0 Å². The topological polar surface area (TPSA) is 19.4 Å². The molecular formula is C87H55N3. The Hall–Kier alpha value is -11.7. The Bertz CT molecular complexity index is 5340. The first-order chi connectivity index (χ1) is 44.7. The Morgan fingerprint density at radius 3 is 1.08 bits per heavy atom. The Morgan fingerprint density at radius 2 is 0.589 bits per heavy atom.